The first-order valence-corrected chi connectivity index (χ1v) is 8.37. The Balaban J connectivity index is 1.96. The first kappa shape index (κ1) is 17.2. The van der Waals surface area contributed by atoms with Gasteiger partial charge in [0.2, 0.25) is 5.91 Å². The molecule has 1 N–H and O–H groups in total. The van der Waals surface area contributed by atoms with Gasteiger partial charge in [0.05, 0.1) is 17.1 Å². The molecule has 0 spiro atoms. The summed E-state index contributed by atoms with van der Waals surface area (Å²) < 4.78 is 7.06. The van der Waals surface area contributed by atoms with Crippen LogP contribution in [-0.4, -0.2) is 29.2 Å². The molecule has 1 heterocycles. The van der Waals surface area contributed by atoms with E-state index in [9.17, 15) is 4.79 Å². The second-order valence-electron chi connectivity index (χ2n) is 6.25. The number of carbonyl (C=O) groups excluding carboxylic acids is 1. The van der Waals surface area contributed by atoms with Crippen molar-refractivity contribution >= 4 is 16.9 Å². The Morgan fingerprint density at radius 2 is 1.92 bits per heavy atom. The van der Waals surface area contributed by atoms with E-state index in [1.165, 1.54) is 18.2 Å². The van der Waals surface area contributed by atoms with E-state index in [0.717, 1.165) is 16.9 Å². The molecule has 3 aromatic rings. The number of amides is 1. The molecule has 3 rings (SSSR count). The SMILES string of the molecule is COCC(=O)NC(C)c1nc2ccccc2n1Cc1ccc(C)cc1. The third kappa shape index (κ3) is 3.88. The van der Waals surface area contributed by atoms with Gasteiger partial charge < -0.3 is 14.6 Å². The van der Waals surface area contributed by atoms with Gasteiger partial charge in [0.25, 0.3) is 0 Å². The van der Waals surface area contributed by atoms with Crippen molar-refractivity contribution in [1.82, 2.24) is 14.9 Å². The maximum atomic E-state index is 11.9. The molecule has 0 radical (unpaired) electrons. The second kappa shape index (κ2) is 7.49. The van der Waals surface area contributed by atoms with Crippen molar-refractivity contribution in [2.45, 2.75) is 26.4 Å². The molecule has 5 heteroatoms. The van der Waals surface area contributed by atoms with Crippen molar-refractivity contribution in [3.63, 3.8) is 0 Å². The molecule has 0 aliphatic carbocycles. The Bertz CT molecular complexity index is 868. The lowest BCUT2D eigenvalue weighted by Crippen LogP contribution is -2.31. The number of benzene rings is 2. The Morgan fingerprint density at radius 1 is 1.20 bits per heavy atom. The monoisotopic (exact) mass is 337 g/mol. The van der Waals surface area contributed by atoms with Gasteiger partial charge in [-0.05, 0) is 31.5 Å². The van der Waals surface area contributed by atoms with Gasteiger partial charge in [-0.1, -0.05) is 42.0 Å². The van der Waals surface area contributed by atoms with Crippen molar-refractivity contribution in [3.05, 3.63) is 65.5 Å². The molecule has 1 aromatic heterocycles. The smallest absolute Gasteiger partial charge is 0.246 e. The highest BCUT2D eigenvalue weighted by atomic mass is 16.5. The molecule has 1 atom stereocenters. The Morgan fingerprint density at radius 3 is 2.64 bits per heavy atom. The van der Waals surface area contributed by atoms with Crippen molar-refractivity contribution in [2.75, 3.05) is 13.7 Å². The van der Waals surface area contributed by atoms with Crippen LogP contribution in [0.2, 0.25) is 0 Å². The number of imidazole rings is 1. The lowest BCUT2D eigenvalue weighted by molar-refractivity contribution is -0.125. The van der Waals surface area contributed by atoms with Gasteiger partial charge in [-0.2, -0.15) is 0 Å². The quantitative estimate of drug-likeness (QED) is 0.751. The van der Waals surface area contributed by atoms with Crippen molar-refractivity contribution in [2.24, 2.45) is 0 Å². The van der Waals surface area contributed by atoms with Gasteiger partial charge >= 0.3 is 0 Å². The molecule has 0 aliphatic rings. The molecule has 0 saturated heterocycles. The van der Waals surface area contributed by atoms with Gasteiger partial charge in [0.1, 0.15) is 12.4 Å². The minimum absolute atomic E-state index is 0.0442. The minimum Gasteiger partial charge on any atom is -0.375 e. The summed E-state index contributed by atoms with van der Waals surface area (Å²) in [4.78, 5) is 16.6. The Labute approximate surface area is 147 Å². The highest BCUT2D eigenvalue weighted by Gasteiger charge is 2.18. The molecule has 0 bridgehead atoms. The fraction of sp³-hybridized carbons (Fsp3) is 0.300. The summed E-state index contributed by atoms with van der Waals surface area (Å²) in [7, 11) is 1.51. The number of carbonyl (C=O) groups is 1. The van der Waals surface area contributed by atoms with E-state index in [1.807, 2.05) is 25.1 Å². The number of hydrogen-bond donors (Lipinski definition) is 1. The largest absolute Gasteiger partial charge is 0.375 e. The zero-order chi connectivity index (χ0) is 17.8. The third-order valence-electron chi connectivity index (χ3n) is 4.19. The number of nitrogens with one attached hydrogen (secondary N) is 1. The van der Waals surface area contributed by atoms with Gasteiger partial charge in [0.15, 0.2) is 0 Å². The van der Waals surface area contributed by atoms with Gasteiger partial charge in [-0.15, -0.1) is 0 Å². The number of fused-ring (bicyclic) bond motifs is 1. The van der Waals surface area contributed by atoms with Crippen molar-refractivity contribution < 1.29 is 9.53 Å². The predicted molar refractivity (Wildman–Crippen MR) is 98.4 cm³/mol. The Hall–Kier alpha value is -2.66. The van der Waals surface area contributed by atoms with Crippen LogP contribution in [0.3, 0.4) is 0 Å². The first-order chi connectivity index (χ1) is 12.1. The zero-order valence-corrected chi connectivity index (χ0v) is 14.8. The molecule has 25 heavy (non-hydrogen) atoms. The van der Waals surface area contributed by atoms with E-state index in [2.05, 4.69) is 47.1 Å². The summed E-state index contributed by atoms with van der Waals surface area (Å²) in [6, 6.07) is 16.3. The molecule has 0 saturated carbocycles. The molecule has 0 aliphatic heterocycles. The van der Waals surface area contributed by atoms with E-state index in [-0.39, 0.29) is 18.6 Å². The van der Waals surface area contributed by atoms with E-state index >= 15 is 0 Å². The van der Waals surface area contributed by atoms with Crippen LogP contribution >= 0.6 is 0 Å². The molecule has 1 amide bonds. The first-order valence-electron chi connectivity index (χ1n) is 8.37. The van der Waals surface area contributed by atoms with Gasteiger partial charge in [0, 0.05) is 13.7 Å². The number of ether oxygens (including phenoxy) is 1. The maximum absolute atomic E-state index is 11.9. The fourth-order valence-electron chi connectivity index (χ4n) is 2.95. The molecular formula is C20H23N3O2. The summed E-state index contributed by atoms with van der Waals surface area (Å²) in [5.41, 5.74) is 4.42. The lowest BCUT2D eigenvalue weighted by atomic mass is 10.1. The fourth-order valence-corrected chi connectivity index (χ4v) is 2.95. The maximum Gasteiger partial charge on any atom is 0.246 e. The van der Waals surface area contributed by atoms with Crippen LogP contribution in [0.4, 0.5) is 0 Å². The number of hydrogen-bond acceptors (Lipinski definition) is 3. The van der Waals surface area contributed by atoms with E-state index in [1.54, 1.807) is 0 Å². The topological polar surface area (TPSA) is 56.1 Å². The van der Waals surface area contributed by atoms with E-state index < -0.39 is 0 Å². The summed E-state index contributed by atoms with van der Waals surface area (Å²) in [5.74, 6) is 0.690. The number of para-hydroxylation sites is 2. The number of methoxy groups -OCH3 is 1. The number of aryl methyl sites for hydroxylation is 1. The molecular weight excluding hydrogens is 314 g/mol. The van der Waals surface area contributed by atoms with Crippen molar-refractivity contribution in [3.8, 4) is 0 Å². The normalized spacial score (nSPS) is 12.3. The van der Waals surface area contributed by atoms with Crippen LogP contribution in [0, 0.1) is 6.92 Å². The van der Waals surface area contributed by atoms with Crippen LogP contribution in [0.25, 0.3) is 11.0 Å². The lowest BCUT2D eigenvalue weighted by Gasteiger charge is -2.16. The summed E-state index contributed by atoms with van der Waals surface area (Å²) >= 11 is 0. The number of aromatic nitrogens is 2. The third-order valence-corrected chi connectivity index (χ3v) is 4.19. The van der Waals surface area contributed by atoms with Crippen LogP contribution in [0.15, 0.2) is 48.5 Å². The van der Waals surface area contributed by atoms with Gasteiger partial charge in [-0.3, -0.25) is 4.79 Å². The van der Waals surface area contributed by atoms with Crippen LogP contribution in [-0.2, 0) is 16.1 Å². The summed E-state index contributed by atoms with van der Waals surface area (Å²) in [5, 5.41) is 2.95. The average Bonchev–Trinajstić information content (AvgIpc) is 2.96. The molecule has 0 fully saturated rings. The van der Waals surface area contributed by atoms with Gasteiger partial charge in [-0.25, -0.2) is 4.98 Å². The second-order valence-corrected chi connectivity index (χ2v) is 6.25. The molecule has 5 nitrogen and oxygen atoms in total. The van der Waals surface area contributed by atoms with E-state index in [4.69, 9.17) is 9.72 Å². The number of rotatable bonds is 6. The minimum atomic E-state index is -0.208. The summed E-state index contributed by atoms with van der Waals surface area (Å²) in [6.45, 7) is 4.78. The highest BCUT2D eigenvalue weighted by Crippen LogP contribution is 2.22. The molecule has 1 unspecified atom stereocenters. The van der Waals surface area contributed by atoms with Crippen LogP contribution in [0.5, 0.6) is 0 Å². The highest BCUT2D eigenvalue weighted by molar-refractivity contribution is 5.78. The molecule has 2 aromatic carbocycles. The van der Waals surface area contributed by atoms with Crippen LogP contribution < -0.4 is 5.32 Å². The predicted octanol–water partition coefficient (Wildman–Crippen LogP) is 3.22. The Kier molecular flexibility index (Phi) is 5.14. The van der Waals surface area contributed by atoms with Crippen LogP contribution in [0.1, 0.15) is 29.9 Å². The number of nitrogens with zero attached hydrogens (tertiary/aromatic N) is 2. The van der Waals surface area contributed by atoms with Crippen molar-refractivity contribution in [1.29, 1.82) is 0 Å². The van der Waals surface area contributed by atoms with E-state index in [0.29, 0.717) is 6.54 Å². The zero-order valence-electron chi connectivity index (χ0n) is 14.8. The molecule has 130 valence electrons. The summed E-state index contributed by atoms with van der Waals surface area (Å²) in [6.07, 6.45) is 0. The standard InChI is InChI=1S/C20H23N3O2/c1-14-8-10-16(11-9-14)12-23-18-7-5-4-6-17(18)22-20(23)15(2)21-19(24)13-25-3/h4-11,15H,12-13H2,1-3H3,(H,21,24). The average molecular weight is 337 g/mol.